The predicted octanol–water partition coefficient (Wildman–Crippen LogP) is 4.02. The van der Waals surface area contributed by atoms with Gasteiger partial charge in [0.05, 0.1) is 11.2 Å². The average Bonchev–Trinajstić information content (AvgIpc) is 1.83. The van der Waals surface area contributed by atoms with E-state index in [1.165, 1.54) is 0 Å². The largest absolute Gasteiger partial charge is 0.369 e. The predicted molar refractivity (Wildman–Crippen MR) is 59.0 cm³/mol. The van der Waals surface area contributed by atoms with E-state index < -0.39 is 0 Å². The maximum absolute atomic E-state index is 6.14. The Bertz CT molecular complexity index is 160. The van der Waals surface area contributed by atoms with Crippen LogP contribution in [-0.4, -0.2) is 11.2 Å². The molecular formula is C12H26O. The first-order valence-corrected chi connectivity index (χ1v) is 5.22. The minimum absolute atomic E-state index is 0.0171. The van der Waals surface area contributed by atoms with Gasteiger partial charge < -0.3 is 4.74 Å². The van der Waals surface area contributed by atoms with Crippen molar-refractivity contribution >= 4 is 0 Å². The summed E-state index contributed by atoms with van der Waals surface area (Å²) in [7, 11) is 0. The molecule has 0 aliphatic carbocycles. The fourth-order valence-corrected chi connectivity index (χ4v) is 0.916. The molecule has 0 fully saturated rings. The van der Waals surface area contributed by atoms with Crippen molar-refractivity contribution in [1.82, 2.24) is 0 Å². The summed E-state index contributed by atoms with van der Waals surface area (Å²) < 4.78 is 6.14. The van der Waals surface area contributed by atoms with E-state index in [4.69, 9.17) is 4.74 Å². The van der Waals surface area contributed by atoms with Gasteiger partial charge in [-0.1, -0.05) is 27.7 Å². The Hall–Kier alpha value is -0.0400. The lowest BCUT2D eigenvalue weighted by atomic mass is 9.78. The van der Waals surface area contributed by atoms with Crippen LogP contribution in [0.15, 0.2) is 0 Å². The molecule has 0 spiro atoms. The third-order valence-corrected chi connectivity index (χ3v) is 3.19. The van der Waals surface area contributed by atoms with Gasteiger partial charge in [0.25, 0.3) is 0 Å². The van der Waals surface area contributed by atoms with E-state index in [2.05, 4.69) is 55.4 Å². The standard InChI is InChI=1S/C12H26O/c1-9-11(5,6)13-12(7,8)10(2,3)4/h9H2,1-8H3. The molecule has 0 heterocycles. The van der Waals surface area contributed by atoms with Crippen LogP contribution in [0.1, 0.15) is 61.8 Å². The summed E-state index contributed by atoms with van der Waals surface area (Å²) in [4.78, 5) is 0. The molecule has 0 aliphatic rings. The van der Waals surface area contributed by atoms with Gasteiger partial charge in [-0.05, 0) is 39.5 Å². The van der Waals surface area contributed by atoms with Crippen LogP contribution >= 0.6 is 0 Å². The van der Waals surface area contributed by atoms with E-state index in [0.29, 0.717) is 0 Å². The second-order valence-corrected chi connectivity index (χ2v) is 5.98. The molecular weight excluding hydrogens is 160 g/mol. The zero-order chi connectivity index (χ0) is 10.9. The minimum atomic E-state index is -0.0769. The highest BCUT2D eigenvalue weighted by atomic mass is 16.5. The van der Waals surface area contributed by atoms with E-state index in [-0.39, 0.29) is 16.6 Å². The van der Waals surface area contributed by atoms with E-state index in [1.807, 2.05) is 0 Å². The van der Waals surface area contributed by atoms with E-state index >= 15 is 0 Å². The van der Waals surface area contributed by atoms with Gasteiger partial charge in [0.1, 0.15) is 0 Å². The smallest absolute Gasteiger partial charge is 0.0681 e. The monoisotopic (exact) mass is 186 g/mol. The summed E-state index contributed by atoms with van der Waals surface area (Å²) >= 11 is 0. The van der Waals surface area contributed by atoms with E-state index in [1.54, 1.807) is 0 Å². The van der Waals surface area contributed by atoms with Crippen LogP contribution in [0.25, 0.3) is 0 Å². The second-order valence-electron chi connectivity index (χ2n) is 5.98. The minimum Gasteiger partial charge on any atom is -0.369 e. The van der Waals surface area contributed by atoms with Crippen LogP contribution in [0, 0.1) is 5.41 Å². The molecule has 0 bridgehead atoms. The molecule has 80 valence electrons. The van der Waals surface area contributed by atoms with Crippen molar-refractivity contribution < 1.29 is 4.74 Å². The highest BCUT2D eigenvalue weighted by molar-refractivity contribution is 4.86. The Balaban J connectivity index is 4.52. The lowest BCUT2D eigenvalue weighted by Crippen LogP contribution is -2.45. The summed E-state index contributed by atoms with van der Waals surface area (Å²) in [5.41, 5.74) is 0.0860. The second kappa shape index (κ2) is 3.61. The summed E-state index contributed by atoms with van der Waals surface area (Å²) in [6.45, 7) is 17.5. The van der Waals surface area contributed by atoms with Gasteiger partial charge in [0.15, 0.2) is 0 Å². The fraction of sp³-hybridized carbons (Fsp3) is 1.00. The van der Waals surface area contributed by atoms with Crippen molar-refractivity contribution in [3.63, 3.8) is 0 Å². The molecule has 0 radical (unpaired) electrons. The van der Waals surface area contributed by atoms with E-state index in [0.717, 1.165) is 6.42 Å². The number of rotatable bonds is 3. The first-order valence-electron chi connectivity index (χ1n) is 5.22. The maximum Gasteiger partial charge on any atom is 0.0681 e. The van der Waals surface area contributed by atoms with Crippen molar-refractivity contribution in [1.29, 1.82) is 0 Å². The Kier molecular flexibility index (Phi) is 3.59. The lowest BCUT2D eigenvalue weighted by molar-refractivity contribution is -0.170. The van der Waals surface area contributed by atoms with Gasteiger partial charge in [-0.25, -0.2) is 0 Å². The van der Waals surface area contributed by atoms with Crippen LogP contribution in [0.5, 0.6) is 0 Å². The van der Waals surface area contributed by atoms with E-state index in [9.17, 15) is 0 Å². The topological polar surface area (TPSA) is 9.23 Å². The first-order chi connectivity index (χ1) is 5.52. The zero-order valence-electron chi connectivity index (χ0n) is 10.6. The van der Waals surface area contributed by atoms with Gasteiger partial charge in [-0.15, -0.1) is 0 Å². The fourth-order valence-electron chi connectivity index (χ4n) is 0.916. The summed E-state index contributed by atoms with van der Waals surface area (Å²) in [5, 5.41) is 0. The van der Waals surface area contributed by atoms with Crippen molar-refractivity contribution in [2.24, 2.45) is 5.41 Å². The number of ether oxygens (including phenoxy) is 1. The average molecular weight is 186 g/mol. The third kappa shape index (κ3) is 3.68. The van der Waals surface area contributed by atoms with Gasteiger partial charge in [0.2, 0.25) is 0 Å². The molecule has 0 aromatic heterocycles. The molecule has 1 heteroatoms. The molecule has 0 saturated carbocycles. The normalized spacial score (nSPS) is 14.8. The van der Waals surface area contributed by atoms with Crippen molar-refractivity contribution in [3.05, 3.63) is 0 Å². The molecule has 0 aromatic rings. The van der Waals surface area contributed by atoms with Crippen LogP contribution in [0.3, 0.4) is 0 Å². The highest BCUT2D eigenvalue weighted by Gasteiger charge is 2.37. The van der Waals surface area contributed by atoms with Crippen LogP contribution in [0.2, 0.25) is 0 Å². The Morgan fingerprint density at radius 2 is 1.23 bits per heavy atom. The van der Waals surface area contributed by atoms with Gasteiger partial charge in [-0.3, -0.25) is 0 Å². The van der Waals surface area contributed by atoms with Crippen LogP contribution in [0.4, 0.5) is 0 Å². The molecule has 0 rings (SSSR count). The first kappa shape index (κ1) is 13.0. The Morgan fingerprint density at radius 3 is 1.46 bits per heavy atom. The molecule has 0 aromatic carbocycles. The van der Waals surface area contributed by atoms with Crippen LogP contribution < -0.4 is 0 Å². The molecule has 0 saturated heterocycles. The molecule has 13 heavy (non-hydrogen) atoms. The lowest BCUT2D eigenvalue weighted by Gasteiger charge is -2.44. The SMILES string of the molecule is CCC(C)(C)OC(C)(C)C(C)(C)C. The number of hydrogen-bond acceptors (Lipinski definition) is 1. The Morgan fingerprint density at radius 1 is 0.846 bits per heavy atom. The van der Waals surface area contributed by atoms with Crippen LogP contribution in [-0.2, 0) is 4.74 Å². The van der Waals surface area contributed by atoms with Crippen molar-refractivity contribution in [2.45, 2.75) is 73.0 Å². The van der Waals surface area contributed by atoms with Crippen molar-refractivity contribution in [3.8, 4) is 0 Å². The molecule has 0 amide bonds. The molecule has 0 unspecified atom stereocenters. The number of hydrogen-bond donors (Lipinski definition) is 0. The maximum atomic E-state index is 6.14. The molecule has 0 aliphatic heterocycles. The molecule has 1 nitrogen and oxygen atoms in total. The van der Waals surface area contributed by atoms with Crippen molar-refractivity contribution in [2.75, 3.05) is 0 Å². The summed E-state index contributed by atoms with van der Waals surface area (Å²) in [6, 6.07) is 0. The van der Waals surface area contributed by atoms with Gasteiger partial charge in [0, 0.05) is 0 Å². The quantitative estimate of drug-likeness (QED) is 0.647. The molecule has 0 N–H and O–H groups in total. The Labute approximate surface area is 83.9 Å². The van der Waals surface area contributed by atoms with Gasteiger partial charge in [-0.2, -0.15) is 0 Å². The molecule has 0 atom stereocenters. The summed E-state index contributed by atoms with van der Waals surface area (Å²) in [6.07, 6.45) is 1.05. The zero-order valence-corrected chi connectivity index (χ0v) is 10.6. The summed E-state index contributed by atoms with van der Waals surface area (Å²) in [5.74, 6) is 0. The third-order valence-electron chi connectivity index (χ3n) is 3.19. The highest BCUT2D eigenvalue weighted by Crippen LogP contribution is 2.36. The van der Waals surface area contributed by atoms with Gasteiger partial charge >= 0.3 is 0 Å².